The maximum absolute atomic E-state index is 6.32. The van der Waals surface area contributed by atoms with Crippen LogP contribution in [0, 0.1) is 6.92 Å². The quantitative estimate of drug-likeness (QED) is 0.878. The highest BCUT2D eigenvalue weighted by Crippen LogP contribution is 2.23. The van der Waals surface area contributed by atoms with Gasteiger partial charge in [0.25, 0.3) is 0 Å². The summed E-state index contributed by atoms with van der Waals surface area (Å²) in [6.45, 7) is 5.77. The molecule has 1 aromatic heterocycles. The van der Waals surface area contributed by atoms with E-state index in [1.807, 2.05) is 11.6 Å². The topological polar surface area (TPSA) is 53.1 Å². The van der Waals surface area contributed by atoms with E-state index in [9.17, 15) is 0 Å². The van der Waals surface area contributed by atoms with Gasteiger partial charge in [0.1, 0.15) is 0 Å². The molecule has 4 nitrogen and oxygen atoms in total. The molecular weight excluding hydrogens is 274 g/mol. The fourth-order valence-corrected chi connectivity index (χ4v) is 3.06. The first-order chi connectivity index (χ1) is 9.61. The van der Waals surface area contributed by atoms with Gasteiger partial charge in [-0.1, -0.05) is 11.6 Å². The molecule has 2 atom stereocenters. The van der Waals surface area contributed by atoms with Gasteiger partial charge in [-0.05, 0) is 46.0 Å². The summed E-state index contributed by atoms with van der Waals surface area (Å²) in [4.78, 5) is 0. The van der Waals surface area contributed by atoms with Crippen LogP contribution >= 0.6 is 11.6 Å². The van der Waals surface area contributed by atoms with Crippen molar-refractivity contribution in [3.63, 3.8) is 0 Å². The molecule has 1 saturated heterocycles. The summed E-state index contributed by atoms with van der Waals surface area (Å²) in [7, 11) is 0. The molecule has 114 valence electrons. The third kappa shape index (κ3) is 3.96. The monoisotopic (exact) mass is 299 g/mol. The minimum atomic E-state index is 0.124. The Labute approximate surface area is 126 Å². The van der Waals surface area contributed by atoms with Crippen LogP contribution < -0.4 is 5.73 Å². The summed E-state index contributed by atoms with van der Waals surface area (Å²) in [5.41, 5.74) is 8.24. The smallest absolute Gasteiger partial charge is 0.0847 e. The molecule has 1 fully saturated rings. The van der Waals surface area contributed by atoms with Crippen molar-refractivity contribution in [3.05, 3.63) is 16.4 Å². The molecule has 2 unspecified atom stereocenters. The average Bonchev–Trinajstić information content (AvgIpc) is 2.74. The molecule has 1 aliphatic heterocycles. The van der Waals surface area contributed by atoms with Gasteiger partial charge in [-0.15, -0.1) is 0 Å². The number of ether oxygens (including phenoxy) is 1. The van der Waals surface area contributed by atoms with E-state index in [0.717, 1.165) is 48.8 Å². The van der Waals surface area contributed by atoms with E-state index >= 15 is 0 Å². The highest BCUT2D eigenvalue weighted by Gasteiger charge is 2.18. The van der Waals surface area contributed by atoms with Crippen molar-refractivity contribution in [2.45, 2.75) is 71.1 Å². The molecule has 20 heavy (non-hydrogen) atoms. The van der Waals surface area contributed by atoms with E-state index in [4.69, 9.17) is 22.1 Å². The molecule has 1 aliphatic rings. The van der Waals surface area contributed by atoms with Gasteiger partial charge < -0.3 is 10.5 Å². The van der Waals surface area contributed by atoms with Gasteiger partial charge in [-0.3, -0.25) is 4.68 Å². The Balaban J connectivity index is 1.86. The van der Waals surface area contributed by atoms with E-state index in [1.54, 1.807) is 0 Å². The first kappa shape index (κ1) is 15.8. The van der Waals surface area contributed by atoms with E-state index in [-0.39, 0.29) is 6.04 Å². The number of nitrogens with two attached hydrogens (primary N) is 1. The van der Waals surface area contributed by atoms with Crippen LogP contribution in [0.15, 0.2) is 0 Å². The number of aromatic nitrogens is 2. The van der Waals surface area contributed by atoms with Crippen LogP contribution in [0.5, 0.6) is 0 Å². The zero-order chi connectivity index (χ0) is 14.5. The highest BCUT2D eigenvalue weighted by molar-refractivity contribution is 6.31. The maximum Gasteiger partial charge on any atom is 0.0847 e. The Morgan fingerprint density at radius 3 is 2.95 bits per heavy atom. The number of hydrogen-bond acceptors (Lipinski definition) is 3. The molecule has 1 aromatic rings. The molecule has 0 aliphatic carbocycles. The summed E-state index contributed by atoms with van der Waals surface area (Å²) >= 11 is 6.32. The van der Waals surface area contributed by atoms with E-state index in [1.165, 1.54) is 19.3 Å². The van der Waals surface area contributed by atoms with Gasteiger partial charge >= 0.3 is 0 Å². The first-order valence-corrected chi connectivity index (χ1v) is 8.08. The van der Waals surface area contributed by atoms with Gasteiger partial charge in [0.05, 0.1) is 22.5 Å². The third-order valence-electron chi connectivity index (χ3n) is 4.04. The number of nitrogens with zero attached hydrogens (tertiary/aromatic N) is 2. The Morgan fingerprint density at radius 2 is 2.30 bits per heavy atom. The van der Waals surface area contributed by atoms with Crippen LogP contribution in [-0.2, 0) is 17.7 Å². The third-order valence-corrected chi connectivity index (χ3v) is 4.53. The van der Waals surface area contributed by atoms with Gasteiger partial charge in [0, 0.05) is 25.6 Å². The van der Waals surface area contributed by atoms with Crippen LogP contribution in [0.4, 0.5) is 0 Å². The Morgan fingerprint density at radius 1 is 1.50 bits per heavy atom. The molecule has 0 radical (unpaired) electrons. The second kappa shape index (κ2) is 7.43. The first-order valence-electron chi connectivity index (χ1n) is 7.70. The second-order valence-electron chi connectivity index (χ2n) is 5.69. The van der Waals surface area contributed by atoms with E-state index in [0.29, 0.717) is 6.10 Å². The van der Waals surface area contributed by atoms with Crippen LogP contribution in [0.1, 0.15) is 50.4 Å². The number of halogens is 1. The highest BCUT2D eigenvalue weighted by atomic mass is 35.5. The lowest BCUT2D eigenvalue weighted by atomic mass is 9.99. The lowest BCUT2D eigenvalue weighted by Crippen LogP contribution is -2.28. The minimum absolute atomic E-state index is 0.124. The number of rotatable bonds is 6. The number of hydrogen-bond donors (Lipinski definition) is 1. The summed E-state index contributed by atoms with van der Waals surface area (Å²) in [5, 5.41) is 5.21. The van der Waals surface area contributed by atoms with Crippen molar-refractivity contribution in [2.24, 2.45) is 5.73 Å². The van der Waals surface area contributed by atoms with E-state index in [2.05, 4.69) is 12.0 Å². The van der Waals surface area contributed by atoms with Crippen molar-refractivity contribution < 1.29 is 4.74 Å². The SMILES string of the molecule is CCn1nc(C)c(Cl)c1CC(N)CCC1CCCCO1. The zero-order valence-electron chi connectivity index (χ0n) is 12.6. The molecule has 2 heterocycles. The predicted octanol–water partition coefficient (Wildman–Crippen LogP) is 3.08. The molecule has 0 saturated carbocycles. The van der Waals surface area contributed by atoms with Crippen LogP contribution in [0.2, 0.25) is 5.02 Å². The molecular formula is C15H26ClN3O. The molecule has 2 rings (SSSR count). The fourth-order valence-electron chi connectivity index (χ4n) is 2.85. The van der Waals surface area contributed by atoms with Gasteiger partial charge in [-0.2, -0.15) is 5.10 Å². The van der Waals surface area contributed by atoms with Crippen molar-refractivity contribution in [3.8, 4) is 0 Å². The standard InChI is InChI=1S/C15H26ClN3O/c1-3-19-14(15(16)11(2)18-19)10-12(17)7-8-13-6-4-5-9-20-13/h12-13H,3-10,17H2,1-2H3. The van der Waals surface area contributed by atoms with Crippen LogP contribution in [-0.4, -0.2) is 28.5 Å². The predicted molar refractivity (Wildman–Crippen MR) is 82.2 cm³/mol. The summed E-state index contributed by atoms with van der Waals surface area (Å²) < 4.78 is 7.72. The minimum Gasteiger partial charge on any atom is -0.378 e. The maximum atomic E-state index is 6.32. The second-order valence-corrected chi connectivity index (χ2v) is 6.07. The lowest BCUT2D eigenvalue weighted by molar-refractivity contribution is 0.00913. The van der Waals surface area contributed by atoms with Crippen molar-refractivity contribution in [1.82, 2.24) is 9.78 Å². The summed E-state index contributed by atoms with van der Waals surface area (Å²) in [6, 6.07) is 0.124. The lowest BCUT2D eigenvalue weighted by Gasteiger charge is -2.23. The molecule has 0 amide bonds. The number of aryl methyl sites for hydroxylation is 2. The largest absolute Gasteiger partial charge is 0.378 e. The van der Waals surface area contributed by atoms with E-state index < -0.39 is 0 Å². The van der Waals surface area contributed by atoms with Crippen molar-refractivity contribution in [2.75, 3.05) is 6.61 Å². The fraction of sp³-hybridized carbons (Fsp3) is 0.800. The normalized spacial score (nSPS) is 21.1. The van der Waals surface area contributed by atoms with Gasteiger partial charge in [0.2, 0.25) is 0 Å². The molecule has 5 heteroatoms. The van der Waals surface area contributed by atoms with Gasteiger partial charge in [-0.25, -0.2) is 0 Å². The molecule has 0 bridgehead atoms. The van der Waals surface area contributed by atoms with Gasteiger partial charge in [0.15, 0.2) is 0 Å². The van der Waals surface area contributed by atoms with Crippen molar-refractivity contribution in [1.29, 1.82) is 0 Å². The Hall–Kier alpha value is -0.580. The zero-order valence-corrected chi connectivity index (χ0v) is 13.3. The summed E-state index contributed by atoms with van der Waals surface area (Å²) in [5.74, 6) is 0. The Kier molecular flexibility index (Phi) is 5.87. The summed E-state index contributed by atoms with van der Waals surface area (Å²) in [6.07, 6.45) is 6.90. The Bertz CT molecular complexity index is 427. The molecule has 2 N–H and O–H groups in total. The molecule has 0 spiro atoms. The molecule has 0 aromatic carbocycles. The van der Waals surface area contributed by atoms with Crippen LogP contribution in [0.3, 0.4) is 0 Å². The van der Waals surface area contributed by atoms with Crippen molar-refractivity contribution >= 4 is 11.6 Å². The van der Waals surface area contributed by atoms with Crippen LogP contribution in [0.25, 0.3) is 0 Å². The average molecular weight is 300 g/mol.